The molecule has 5 heteroatoms. The summed E-state index contributed by atoms with van der Waals surface area (Å²) >= 11 is 3.46. The van der Waals surface area contributed by atoms with Crippen LogP contribution < -0.4 is 4.74 Å². The van der Waals surface area contributed by atoms with Crippen molar-refractivity contribution < 1.29 is 17.9 Å². The van der Waals surface area contributed by atoms with Crippen molar-refractivity contribution >= 4 is 15.9 Å². The van der Waals surface area contributed by atoms with E-state index in [0.717, 1.165) is 45.5 Å². The number of hydrogen-bond acceptors (Lipinski definition) is 1. The van der Waals surface area contributed by atoms with Gasteiger partial charge < -0.3 is 4.74 Å². The largest absolute Gasteiger partial charge is 0.493 e. The van der Waals surface area contributed by atoms with Gasteiger partial charge >= 0.3 is 6.18 Å². The smallest absolute Gasteiger partial charge is 0.416 e. The van der Waals surface area contributed by atoms with Gasteiger partial charge in [0.15, 0.2) is 0 Å². The molecule has 1 aliphatic rings. The zero-order valence-corrected chi connectivity index (χ0v) is 12.6. The summed E-state index contributed by atoms with van der Waals surface area (Å²) < 4.78 is 44.3. The first-order chi connectivity index (χ1) is 9.93. The van der Waals surface area contributed by atoms with Crippen molar-refractivity contribution in [1.82, 2.24) is 0 Å². The molecule has 1 nitrogen and oxygen atoms in total. The van der Waals surface area contributed by atoms with Crippen molar-refractivity contribution in [2.75, 3.05) is 6.61 Å². The Labute approximate surface area is 128 Å². The first-order valence-corrected chi connectivity index (χ1v) is 7.33. The Morgan fingerprint density at radius 3 is 2.48 bits per heavy atom. The van der Waals surface area contributed by atoms with E-state index >= 15 is 0 Å². The Bertz CT molecular complexity index is 662. The van der Waals surface area contributed by atoms with Gasteiger partial charge in [0.2, 0.25) is 0 Å². The van der Waals surface area contributed by atoms with Gasteiger partial charge in [-0.1, -0.05) is 28.1 Å². The zero-order valence-electron chi connectivity index (χ0n) is 11.0. The SMILES string of the molecule is FC(F)(F)c1ccc(Cc2cc(Br)cc3c2OCC3)cc1. The molecule has 3 rings (SSSR count). The molecule has 0 saturated heterocycles. The highest BCUT2D eigenvalue weighted by Gasteiger charge is 2.30. The maximum atomic E-state index is 12.6. The van der Waals surface area contributed by atoms with Crippen molar-refractivity contribution in [3.05, 3.63) is 63.1 Å². The number of rotatable bonds is 2. The Morgan fingerprint density at radius 1 is 1.10 bits per heavy atom. The molecule has 0 amide bonds. The number of fused-ring (bicyclic) bond motifs is 1. The van der Waals surface area contributed by atoms with Crippen molar-refractivity contribution in [2.45, 2.75) is 19.0 Å². The van der Waals surface area contributed by atoms with Crippen LogP contribution in [0.5, 0.6) is 5.75 Å². The van der Waals surface area contributed by atoms with E-state index in [1.807, 2.05) is 12.1 Å². The first kappa shape index (κ1) is 14.4. The molecule has 0 spiro atoms. The van der Waals surface area contributed by atoms with E-state index in [1.165, 1.54) is 12.1 Å². The number of benzene rings is 2. The quantitative estimate of drug-likeness (QED) is 0.736. The fourth-order valence-corrected chi connectivity index (χ4v) is 3.06. The predicted octanol–water partition coefficient (Wildman–Crippen LogP) is 4.99. The van der Waals surface area contributed by atoms with Gasteiger partial charge in [0.25, 0.3) is 0 Å². The third-order valence-electron chi connectivity index (χ3n) is 3.50. The molecule has 0 aromatic heterocycles. The van der Waals surface area contributed by atoms with Crippen LogP contribution in [-0.2, 0) is 19.0 Å². The van der Waals surface area contributed by atoms with E-state index in [4.69, 9.17) is 4.74 Å². The normalized spacial score (nSPS) is 13.9. The number of halogens is 4. The van der Waals surface area contributed by atoms with Crippen LogP contribution in [0, 0.1) is 0 Å². The molecule has 0 saturated carbocycles. The molecule has 0 bridgehead atoms. The second kappa shape index (κ2) is 5.37. The predicted molar refractivity (Wildman–Crippen MR) is 77.6 cm³/mol. The average Bonchev–Trinajstić information content (AvgIpc) is 2.86. The summed E-state index contributed by atoms with van der Waals surface area (Å²) in [6.45, 7) is 0.659. The summed E-state index contributed by atoms with van der Waals surface area (Å²) in [5.41, 5.74) is 2.35. The molecule has 110 valence electrons. The fourth-order valence-electron chi connectivity index (χ4n) is 2.51. The van der Waals surface area contributed by atoms with Crippen LogP contribution in [-0.4, -0.2) is 6.61 Å². The number of ether oxygens (including phenoxy) is 1. The van der Waals surface area contributed by atoms with Gasteiger partial charge in [0, 0.05) is 17.3 Å². The van der Waals surface area contributed by atoms with E-state index in [2.05, 4.69) is 15.9 Å². The Kier molecular flexibility index (Phi) is 3.69. The number of alkyl halides is 3. The molecule has 1 aliphatic heterocycles. The minimum absolute atomic E-state index is 0.555. The van der Waals surface area contributed by atoms with Crippen LogP contribution in [0.15, 0.2) is 40.9 Å². The van der Waals surface area contributed by atoms with Crippen LogP contribution >= 0.6 is 15.9 Å². The topological polar surface area (TPSA) is 9.23 Å². The van der Waals surface area contributed by atoms with Crippen molar-refractivity contribution in [1.29, 1.82) is 0 Å². The minimum Gasteiger partial charge on any atom is -0.493 e. The lowest BCUT2D eigenvalue weighted by Crippen LogP contribution is -2.04. The lowest BCUT2D eigenvalue weighted by atomic mass is 10.0. The third-order valence-corrected chi connectivity index (χ3v) is 3.96. The molecular formula is C16H12BrF3O. The Balaban J connectivity index is 1.88. The second-order valence-corrected chi connectivity index (χ2v) is 5.94. The molecule has 2 aromatic carbocycles. The monoisotopic (exact) mass is 356 g/mol. The average molecular weight is 357 g/mol. The zero-order chi connectivity index (χ0) is 15.0. The van der Waals surface area contributed by atoms with Gasteiger partial charge in [-0.15, -0.1) is 0 Å². The minimum atomic E-state index is -4.29. The highest BCUT2D eigenvalue weighted by atomic mass is 79.9. The fraction of sp³-hybridized carbons (Fsp3) is 0.250. The van der Waals surface area contributed by atoms with Crippen LogP contribution in [0.1, 0.15) is 22.3 Å². The standard InChI is InChI=1S/C16H12BrF3O/c17-14-8-11-5-6-21-15(11)12(9-14)7-10-1-3-13(4-2-10)16(18,19)20/h1-4,8-9H,5-7H2. The molecule has 1 heterocycles. The maximum Gasteiger partial charge on any atom is 0.416 e. The van der Waals surface area contributed by atoms with Crippen molar-refractivity contribution in [3.8, 4) is 5.75 Å². The number of hydrogen-bond donors (Lipinski definition) is 0. The lowest BCUT2D eigenvalue weighted by molar-refractivity contribution is -0.137. The summed E-state index contributed by atoms with van der Waals surface area (Å²) in [5, 5.41) is 0. The highest BCUT2D eigenvalue weighted by Crippen LogP contribution is 2.35. The summed E-state index contributed by atoms with van der Waals surface area (Å²) in [4.78, 5) is 0. The van der Waals surface area contributed by atoms with Gasteiger partial charge in [0.1, 0.15) is 5.75 Å². The third kappa shape index (κ3) is 3.07. The van der Waals surface area contributed by atoms with E-state index in [1.54, 1.807) is 0 Å². The van der Waals surface area contributed by atoms with E-state index in [9.17, 15) is 13.2 Å². The van der Waals surface area contributed by atoms with E-state index in [-0.39, 0.29) is 0 Å². The molecular weight excluding hydrogens is 345 g/mol. The first-order valence-electron chi connectivity index (χ1n) is 6.54. The molecule has 0 radical (unpaired) electrons. The van der Waals surface area contributed by atoms with E-state index < -0.39 is 11.7 Å². The van der Waals surface area contributed by atoms with Gasteiger partial charge in [-0.3, -0.25) is 0 Å². The maximum absolute atomic E-state index is 12.6. The van der Waals surface area contributed by atoms with Gasteiger partial charge in [-0.05, 0) is 41.0 Å². The molecule has 0 unspecified atom stereocenters. The molecule has 21 heavy (non-hydrogen) atoms. The second-order valence-electron chi connectivity index (χ2n) is 5.02. The van der Waals surface area contributed by atoms with E-state index in [0.29, 0.717) is 13.0 Å². The summed E-state index contributed by atoms with van der Waals surface area (Å²) in [6.07, 6.45) is -2.87. The lowest BCUT2D eigenvalue weighted by Gasteiger charge is -2.11. The molecule has 0 fully saturated rings. The van der Waals surface area contributed by atoms with Crippen molar-refractivity contribution in [2.24, 2.45) is 0 Å². The molecule has 0 aliphatic carbocycles. The Hall–Kier alpha value is -1.49. The summed E-state index contributed by atoms with van der Waals surface area (Å²) in [5.74, 6) is 0.873. The van der Waals surface area contributed by atoms with Gasteiger partial charge in [-0.25, -0.2) is 0 Å². The van der Waals surface area contributed by atoms with Crippen molar-refractivity contribution in [3.63, 3.8) is 0 Å². The Morgan fingerprint density at radius 2 is 1.81 bits per heavy atom. The molecule has 0 atom stereocenters. The molecule has 0 N–H and O–H groups in total. The highest BCUT2D eigenvalue weighted by molar-refractivity contribution is 9.10. The van der Waals surface area contributed by atoms with Crippen LogP contribution in [0.3, 0.4) is 0 Å². The summed E-state index contributed by atoms with van der Waals surface area (Å²) in [6, 6.07) is 9.26. The summed E-state index contributed by atoms with van der Waals surface area (Å²) in [7, 11) is 0. The van der Waals surface area contributed by atoms with Crippen LogP contribution in [0.25, 0.3) is 0 Å². The van der Waals surface area contributed by atoms with Gasteiger partial charge in [-0.2, -0.15) is 13.2 Å². The molecule has 2 aromatic rings. The van der Waals surface area contributed by atoms with Gasteiger partial charge in [0.05, 0.1) is 12.2 Å². The van der Waals surface area contributed by atoms with Crippen LogP contribution in [0.4, 0.5) is 13.2 Å². The van der Waals surface area contributed by atoms with Crippen LogP contribution in [0.2, 0.25) is 0 Å².